The summed E-state index contributed by atoms with van der Waals surface area (Å²) in [5.41, 5.74) is -0.881. The van der Waals surface area contributed by atoms with Crippen LogP contribution in [-0.4, -0.2) is 51.8 Å². The van der Waals surface area contributed by atoms with Crippen molar-refractivity contribution in [2.24, 2.45) is 5.41 Å². The molecule has 132 valence electrons. The fraction of sp³-hybridized carbons (Fsp3) is 0.812. The molecule has 1 heterocycles. The predicted octanol–water partition coefficient (Wildman–Crippen LogP) is 2.73. The van der Waals surface area contributed by atoms with E-state index < -0.39 is 17.5 Å². The first-order valence-corrected chi connectivity index (χ1v) is 7.95. The Hall–Kier alpha value is -1.79. The Balaban J connectivity index is 2.65. The zero-order chi connectivity index (χ0) is 17.7. The second-order valence-electron chi connectivity index (χ2n) is 7.25. The van der Waals surface area contributed by atoms with Gasteiger partial charge in [0.05, 0.1) is 0 Å². The first-order valence-electron chi connectivity index (χ1n) is 7.95. The van der Waals surface area contributed by atoms with Gasteiger partial charge in [0.25, 0.3) is 0 Å². The van der Waals surface area contributed by atoms with Crippen LogP contribution in [-0.2, 0) is 14.3 Å². The van der Waals surface area contributed by atoms with Gasteiger partial charge >= 0.3 is 18.0 Å². The minimum Gasteiger partial charge on any atom is -0.481 e. The minimum atomic E-state index is -0.880. The van der Waals surface area contributed by atoms with E-state index in [-0.39, 0.29) is 24.3 Å². The summed E-state index contributed by atoms with van der Waals surface area (Å²) >= 11 is 0. The first kappa shape index (κ1) is 19.3. The Kier molecular flexibility index (Phi) is 6.41. The van der Waals surface area contributed by atoms with Gasteiger partial charge in [-0.15, -0.1) is 0 Å². The van der Waals surface area contributed by atoms with Crippen LogP contribution in [0.3, 0.4) is 0 Å². The third-order valence-corrected chi connectivity index (χ3v) is 4.21. The molecule has 0 aromatic carbocycles. The van der Waals surface area contributed by atoms with Gasteiger partial charge in [-0.3, -0.25) is 9.59 Å². The summed E-state index contributed by atoms with van der Waals surface area (Å²) in [6.45, 7) is 6.35. The van der Waals surface area contributed by atoms with Gasteiger partial charge in [0.2, 0.25) is 0 Å². The van der Waals surface area contributed by atoms with Crippen LogP contribution in [0.1, 0.15) is 59.3 Å². The largest absolute Gasteiger partial charge is 0.481 e. The van der Waals surface area contributed by atoms with E-state index in [1.54, 1.807) is 25.7 Å². The highest BCUT2D eigenvalue weighted by Crippen LogP contribution is 2.40. The minimum absolute atomic E-state index is 0.0199. The van der Waals surface area contributed by atoms with Gasteiger partial charge in [-0.05, 0) is 51.9 Å². The number of hydrogen-bond acceptors (Lipinski definition) is 4. The van der Waals surface area contributed by atoms with Crippen LogP contribution in [0.5, 0.6) is 0 Å². The Labute approximate surface area is 136 Å². The average molecular weight is 329 g/mol. The predicted molar refractivity (Wildman–Crippen MR) is 83.2 cm³/mol. The number of carbonyl (C=O) groups is 3. The number of carboxylic acids is 2. The van der Waals surface area contributed by atoms with Crippen LogP contribution in [0.2, 0.25) is 0 Å². The molecule has 0 bridgehead atoms. The Bertz CT molecular complexity index is 426. The molecular weight excluding hydrogens is 302 g/mol. The average Bonchev–Trinajstić information content (AvgIpc) is 2.42. The molecule has 1 aliphatic rings. The van der Waals surface area contributed by atoms with Crippen LogP contribution >= 0.6 is 0 Å². The lowest BCUT2D eigenvalue weighted by molar-refractivity contribution is -0.138. The van der Waals surface area contributed by atoms with E-state index in [0.717, 1.165) is 0 Å². The highest BCUT2D eigenvalue weighted by Gasteiger charge is 2.37. The second kappa shape index (κ2) is 7.66. The lowest BCUT2D eigenvalue weighted by atomic mass is 9.71. The summed E-state index contributed by atoms with van der Waals surface area (Å²) in [4.78, 5) is 35.4. The molecular formula is C16H27NO6. The molecule has 0 aromatic rings. The molecule has 1 aliphatic heterocycles. The number of piperidine rings is 1. The summed E-state index contributed by atoms with van der Waals surface area (Å²) in [6, 6.07) is 0. The SMILES string of the molecule is CC(C)(C)OC(=O)N1CCC(CCC(=O)O)(CCC(=O)O)CC1. The smallest absolute Gasteiger partial charge is 0.410 e. The topological polar surface area (TPSA) is 104 Å². The third-order valence-electron chi connectivity index (χ3n) is 4.21. The van der Waals surface area contributed by atoms with Gasteiger partial charge in [-0.1, -0.05) is 0 Å². The zero-order valence-corrected chi connectivity index (χ0v) is 14.1. The molecule has 1 fully saturated rings. The van der Waals surface area contributed by atoms with Gasteiger partial charge in [-0.2, -0.15) is 0 Å². The number of carbonyl (C=O) groups excluding carboxylic acids is 1. The van der Waals surface area contributed by atoms with Crippen molar-refractivity contribution >= 4 is 18.0 Å². The monoisotopic (exact) mass is 329 g/mol. The summed E-state index contributed by atoms with van der Waals surface area (Å²) in [6.07, 6.45) is 1.76. The number of amides is 1. The molecule has 0 aromatic heterocycles. The van der Waals surface area contributed by atoms with Crippen LogP contribution in [0.4, 0.5) is 4.79 Å². The summed E-state index contributed by atoms with van der Waals surface area (Å²) in [7, 11) is 0. The van der Waals surface area contributed by atoms with E-state index in [9.17, 15) is 14.4 Å². The van der Waals surface area contributed by atoms with Crippen molar-refractivity contribution in [1.82, 2.24) is 4.90 Å². The van der Waals surface area contributed by atoms with Gasteiger partial charge < -0.3 is 19.8 Å². The summed E-state index contributed by atoms with van der Waals surface area (Å²) in [5, 5.41) is 17.8. The first-order chi connectivity index (χ1) is 10.5. The molecule has 7 nitrogen and oxygen atoms in total. The van der Waals surface area contributed by atoms with Crippen LogP contribution in [0.25, 0.3) is 0 Å². The fourth-order valence-corrected chi connectivity index (χ4v) is 2.86. The van der Waals surface area contributed by atoms with E-state index >= 15 is 0 Å². The fourth-order valence-electron chi connectivity index (χ4n) is 2.86. The number of hydrogen-bond donors (Lipinski definition) is 2. The molecule has 0 unspecified atom stereocenters. The maximum absolute atomic E-state index is 12.1. The number of ether oxygens (including phenoxy) is 1. The molecule has 1 amide bonds. The quantitative estimate of drug-likeness (QED) is 0.776. The van der Waals surface area contributed by atoms with E-state index in [1.165, 1.54) is 0 Å². The Morgan fingerprint density at radius 1 is 1.00 bits per heavy atom. The molecule has 0 aliphatic carbocycles. The molecule has 23 heavy (non-hydrogen) atoms. The Morgan fingerprint density at radius 2 is 1.43 bits per heavy atom. The van der Waals surface area contributed by atoms with Crippen molar-refractivity contribution in [3.8, 4) is 0 Å². The highest BCUT2D eigenvalue weighted by molar-refractivity contribution is 5.69. The standard InChI is InChI=1S/C16H27NO6/c1-15(2,3)23-14(22)17-10-8-16(9-11-17,6-4-12(18)19)7-5-13(20)21/h4-11H2,1-3H3,(H,18,19)(H,20,21). The molecule has 1 rings (SSSR count). The van der Waals surface area contributed by atoms with Crippen molar-refractivity contribution in [3.63, 3.8) is 0 Å². The van der Waals surface area contributed by atoms with E-state index in [2.05, 4.69) is 0 Å². The number of aliphatic carboxylic acids is 2. The maximum Gasteiger partial charge on any atom is 0.410 e. The van der Waals surface area contributed by atoms with Crippen molar-refractivity contribution in [1.29, 1.82) is 0 Å². The molecule has 0 saturated carbocycles. The maximum atomic E-state index is 12.1. The van der Waals surface area contributed by atoms with Crippen molar-refractivity contribution < 1.29 is 29.3 Å². The van der Waals surface area contributed by atoms with Gasteiger partial charge in [0.1, 0.15) is 5.60 Å². The molecule has 0 atom stereocenters. The summed E-state index contributed by atoms with van der Waals surface area (Å²) < 4.78 is 5.34. The van der Waals surface area contributed by atoms with Gasteiger partial charge in [0.15, 0.2) is 0 Å². The second-order valence-corrected chi connectivity index (χ2v) is 7.25. The third kappa shape index (κ3) is 6.88. The number of carboxylic acid groups (broad SMARTS) is 2. The van der Waals surface area contributed by atoms with E-state index in [1.807, 2.05) is 0 Å². The highest BCUT2D eigenvalue weighted by atomic mass is 16.6. The number of nitrogens with zero attached hydrogens (tertiary/aromatic N) is 1. The van der Waals surface area contributed by atoms with E-state index in [4.69, 9.17) is 14.9 Å². The van der Waals surface area contributed by atoms with Crippen LogP contribution in [0, 0.1) is 5.41 Å². The summed E-state index contributed by atoms with van der Waals surface area (Å²) in [5.74, 6) is -1.76. The number of rotatable bonds is 6. The molecule has 0 radical (unpaired) electrons. The number of likely N-dealkylation sites (tertiary alicyclic amines) is 1. The molecule has 7 heteroatoms. The lowest BCUT2D eigenvalue weighted by Crippen LogP contribution is -2.45. The van der Waals surface area contributed by atoms with Gasteiger partial charge in [0, 0.05) is 25.9 Å². The van der Waals surface area contributed by atoms with Crippen molar-refractivity contribution in [3.05, 3.63) is 0 Å². The van der Waals surface area contributed by atoms with Crippen LogP contribution in [0.15, 0.2) is 0 Å². The Morgan fingerprint density at radius 3 is 1.78 bits per heavy atom. The van der Waals surface area contributed by atoms with Crippen LogP contribution < -0.4 is 0 Å². The normalized spacial score (nSPS) is 17.6. The molecule has 0 spiro atoms. The molecule has 2 N–H and O–H groups in total. The lowest BCUT2D eigenvalue weighted by Gasteiger charge is -2.42. The zero-order valence-electron chi connectivity index (χ0n) is 14.1. The van der Waals surface area contributed by atoms with Gasteiger partial charge in [-0.25, -0.2) is 4.79 Å². The van der Waals surface area contributed by atoms with Crippen molar-refractivity contribution in [2.75, 3.05) is 13.1 Å². The molecule has 1 saturated heterocycles. The van der Waals surface area contributed by atoms with E-state index in [0.29, 0.717) is 38.8 Å². The van der Waals surface area contributed by atoms with Crippen molar-refractivity contribution in [2.45, 2.75) is 64.9 Å².